The molecule has 3 nitrogen and oxygen atoms in total. The zero-order chi connectivity index (χ0) is 15.2. The van der Waals surface area contributed by atoms with Crippen LogP contribution < -0.4 is 0 Å². The number of likely N-dealkylation sites (tertiary alicyclic amines) is 1. The number of aliphatic hydroxyl groups excluding tert-OH is 1. The van der Waals surface area contributed by atoms with Gasteiger partial charge >= 0.3 is 0 Å². The Bertz CT molecular complexity index is 712. The molecule has 0 spiro atoms. The van der Waals surface area contributed by atoms with Gasteiger partial charge in [-0.25, -0.2) is 4.39 Å². The van der Waals surface area contributed by atoms with Crippen LogP contribution in [0.4, 0.5) is 4.39 Å². The minimum absolute atomic E-state index is 0.0188. The summed E-state index contributed by atoms with van der Waals surface area (Å²) in [6.45, 7) is 3.78. The third kappa shape index (κ3) is 2.45. The van der Waals surface area contributed by atoms with Crippen molar-refractivity contribution >= 4 is 27.3 Å². The van der Waals surface area contributed by atoms with Crippen molar-refractivity contribution in [2.24, 2.45) is 0 Å². The Labute approximate surface area is 127 Å². The van der Waals surface area contributed by atoms with E-state index in [9.17, 15) is 9.18 Å². The molecule has 1 atom stereocenters. The zero-order valence-corrected chi connectivity index (χ0v) is 13.0. The number of amides is 1. The summed E-state index contributed by atoms with van der Waals surface area (Å²) < 4.78 is 15.2. The molecule has 1 aromatic heterocycles. The van der Waals surface area contributed by atoms with Crippen LogP contribution in [0.15, 0.2) is 18.2 Å². The zero-order valence-electron chi connectivity index (χ0n) is 12.1. The van der Waals surface area contributed by atoms with E-state index >= 15 is 0 Å². The summed E-state index contributed by atoms with van der Waals surface area (Å²) in [5.74, 6) is -0.126. The van der Waals surface area contributed by atoms with Crippen molar-refractivity contribution in [1.29, 1.82) is 0 Å². The molecule has 5 heteroatoms. The minimum Gasteiger partial charge on any atom is -0.393 e. The minimum atomic E-state index is -1.64. The highest BCUT2D eigenvalue weighted by atomic mass is 32.1. The van der Waals surface area contributed by atoms with Crippen molar-refractivity contribution in [3.05, 3.63) is 34.2 Å². The first kappa shape index (κ1) is 14.5. The molecule has 1 aliphatic rings. The molecule has 2 aromatic rings. The largest absolute Gasteiger partial charge is 0.393 e. The number of alkyl halides is 1. The third-order valence-corrected chi connectivity index (χ3v) is 5.42. The lowest BCUT2D eigenvalue weighted by Crippen LogP contribution is -2.35. The van der Waals surface area contributed by atoms with Gasteiger partial charge in [0.2, 0.25) is 0 Å². The van der Waals surface area contributed by atoms with Crippen LogP contribution in [0.25, 0.3) is 10.1 Å². The predicted octanol–water partition coefficient (Wildman–Crippen LogP) is 3.06. The van der Waals surface area contributed by atoms with Crippen LogP contribution in [0.3, 0.4) is 0 Å². The molecular weight excluding hydrogens is 289 g/mol. The fourth-order valence-corrected chi connectivity index (χ4v) is 3.98. The Morgan fingerprint density at radius 3 is 2.90 bits per heavy atom. The lowest BCUT2D eigenvalue weighted by molar-refractivity contribution is 0.0634. The van der Waals surface area contributed by atoms with Crippen molar-refractivity contribution in [3.63, 3.8) is 0 Å². The summed E-state index contributed by atoms with van der Waals surface area (Å²) in [5, 5.41) is 10.2. The fourth-order valence-electron chi connectivity index (χ4n) is 2.82. The first-order valence-electron chi connectivity index (χ1n) is 7.02. The van der Waals surface area contributed by atoms with Crippen LogP contribution in [0.1, 0.15) is 27.2 Å². The van der Waals surface area contributed by atoms with Crippen LogP contribution in [-0.4, -0.2) is 41.3 Å². The normalized spacial score (nSPS) is 22.2. The van der Waals surface area contributed by atoms with Gasteiger partial charge in [-0.3, -0.25) is 4.79 Å². The van der Waals surface area contributed by atoms with Gasteiger partial charge in [-0.05, 0) is 30.9 Å². The summed E-state index contributed by atoms with van der Waals surface area (Å²) in [6, 6.07) is 6.13. The SMILES string of the molecule is Cc1ccc2sc(C(=O)N3CCC(F)(CO)C3)c(C)c2c1. The number of carbonyl (C=O) groups excluding carboxylic acids is 1. The maximum atomic E-state index is 14.1. The summed E-state index contributed by atoms with van der Waals surface area (Å²) in [4.78, 5) is 14.8. The van der Waals surface area contributed by atoms with Gasteiger partial charge in [-0.15, -0.1) is 11.3 Å². The smallest absolute Gasteiger partial charge is 0.264 e. The van der Waals surface area contributed by atoms with Gasteiger partial charge in [0, 0.05) is 17.7 Å². The second-order valence-electron chi connectivity index (χ2n) is 5.84. The van der Waals surface area contributed by atoms with E-state index in [0.717, 1.165) is 21.2 Å². The topological polar surface area (TPSA) is 40.5 Å². The second kappa shape index (κ2) is 5.07. The van der Waals surface area contributed by atoms with E-state index in [4.69, 9.17) is 5.11 Å². The van der Waals surface area contributed by atoms with E-state index in [0.29, 0.717) is 11.4 Å². The maximum Gasteiger partial charge on any atom is 0.264 e. The summed E-state index contributed by atoms with van der Waals surface area (Å²) in [5.41, 5.74) is 0.479. The molecule has 3 rings (SSSR count). The van der Waals surface area contributed by atoms with Crippen LogP contribution in [0.2, 0.25) is 0 Å². The van der Waals surface area contributed by atoms with E-state index in [2.05, 4.69) is 6.07 Å². The number of hydrogen-bond donors (Lipinski definition) is 1. The average molecular weight is 307 g/mol. The van der Waals surface area contributed by atoms with Crippen molar-refractivity contribution in [3.8, 4) is 0 Å². The lowest BCUT2D eigenvalue weighted by Gasteiger charge is -2.18. The number of halogens is 1. The number of nitrogens with zero attached hydrogens (tertiary/aromatic N) is 1. The predicted molar refractivity (Wildman–Crippen MR) is 82.7 cm³/mol. The quantitative estimate of drug-likeness (QED) is 0.926. The monoisotopic (exact) mass is 307 g/mol. The van der Waals surface area contributed by atoms with Crippen LogP contribution in [0, 0.1) is 13.8 Å². The molecule has 1 aromatic carbocycles. The molecule has 0 bridgehead atoms. The van der Waals surface area contributed by atoms with Crippen molar-refractivity contribution < 1.29 is 14.3 Å². The number of rotatable bonds is 2. The van der Waals surface area contributed by atoms with E-state index in [1.54, 1.807) is 0 Å². The van der Waals surface area contributed by atoms with Crippen molar-refractivity contribution in [2.75, 3.05) is 19.7 Å². The Balaban J connectivity index is 1.94. The summed E-state index contributed by atoms with van der Waals surface area (Å²) >= 11 is 1.46. The lowest BCUT2D eigenvalue weighted by atomic mass is 10.1. The van der Waals surface area contributed by atoms with Gasteiger partial charge in [-0.1, -0.05) is 17.7 Å². The Kier molecular flexibility index (Phi) is 3.50. The second-order valence-corrected chi connectivity index (χ2v) is 6.89. The van der Waals surface area contributed by atoms with Gasteiger partial charge < -0.3 is 10.0 Å². The highest BCUT2D eigenvalue weighted by Gasteiger charge is 2.40. The molecule has 1 N–H and O–H groups in total. The van der Waals surface area contributed by atoms with Crippen LogP contribution in [0.5, 0.6) is 0 Å². The highest BCUT2D eigenvalue weighted by molar-refractivity contribution is 7.21. The standard InChI is InChI=1S/C16H18FNO2S/c1-10-3-4-13-12(7-10)11(2)14(21-13)15(20)18-6-5-16(17,8-18)9-19/h3-4,7,19H,5-6,8-9H2,1-2H3. The number of aryl methyl sites for hydroxylation is 2. The van der Waals surface area contributed by atoms with E-state index in [1.165, 1.54) is 16.2 Å². The van der Waals surface area contributed by atoms with Gasteiger partial charge in [0.05, 0.1) is 18.0 Å². The molecule has 1 saturated heterocycles. The number of benzene rings is 1. The molecule has 1 fully saturated rings. The van der Waals surface area contributed by atoms with Gasteiger partial charge in [-0.2, -0.15) is 0 Å². The van der Waals surface area contributed by atoms with Gasteiger partial charge in [0.1, 0.15) is 0 Å². The first-order valence-corrected chi connectivity index (χ1v) is 7.84. The van der Waals surface area contributed by atoms with Gasteiger partial charge in [0.15, 0.2) is 5.67 Å². The van der Waals surface area contributed by atoms with E-state index in [-0.39, 0.29) is 18.9 Å². The van der Waals surface area contributed by atoms with Crippen LogP contribution in [-0.2, 0) is 0 Å². The maximum absolute atomic E-state index is 14.1. The molecular formula is C16H18FNO2S. The number of aliphatic hydroxyl groups is 1. The summed E-state index contributed by atoms with van der Waals surface area (Å²) in [7, 11) is 0. The molecule has 0 saturated carbocycles. The number of fused-ring (bicyclic) bond motifs is 1. The summed E-state index contributed by atoms with van der Waals surface area (Å²) in [6.07, 6.45) is 0.207. The number of hydrogen-bond acceptors (Lipinski definition) is 3. The van der Waals surface area contributed by atoms with Gasteiger partial charge in [0.25, 0.3) is 5.91 Å². The first-order chi connectivity index (χ1) is 9.93. The third-order valence-electron chi connectivity index (χ3n) is 4.16. The van der Waals surface area contributed by atoms with Crippen LogP contribution >= 0.6 is 11.3 Å². The number of carbonyl (C=O) groups is 1. The molecule has 0 radical (unpaired) electrons. The molecule has 1 aliphatic heterocycles. The van der Waals surface area contributed by atoms with E-state index in [1.807, 2.05) is 26.0 Å². The van der Waals surface area contributed by atoms with Crippen molar-refractivity contribution in [2.45, 2.75) is 25.9 Å². The van der Waals surface area contributed by atoms with Crippen molar-refractivity contribution in [1.82, 2.24) is 4.90 Å². The molecule has 1 unspecified atom stereocenters. The Hall–Kier alpha value is -1.46. The Morgan fingerprint density at radius 2 is 2.24 bits per heavy atom. The van der Waals surface area contributed by atoms with E-state index < -0.39 is 12.3 Å². The molecule has 112 valence electrons. The highest BCUT2D eigenvalue weighted by Crippen LogP contribution is 2.34. The molecule has 1 amide bonds. The average Bonchev–Trinajstić information content (AvgIpc) is 3.01. The fraction of sp³-hybridized carbons (Fsp3) is 0.438. The number of thiophene rings is 1. The molecule has 0 aliphatic carbocycles. The Morgan fingerprint density at radius 1 is 1.48 bits per heavy atom. The molecule has 21 heavy (non-hydrogen) atoms. The molecule has 2 heterocycles.